The second-order valence-electron chi connectivity index (χ2n) is 11.9. The molecule has 3 heterocycles. The maximum Gasteiger partial charge on any atom is 0.245 e. The molecule has 2 aromatic carbocycles. The van der Waals surface area contributed by atoms with Crippen LogP contribution >= 0.6 is 11.6 Å². The van der Waals surface area contributed by atoms with Gasteiger partial charge in [0.05, 0.1) is 6.04 Å². The second-order valence-corrected chi connectivity index (χ2v) is 12.3. The lowest BCUT2D eigenvalue weighted by atomic mass is 9.83. The summed E-state index contributed by atoms with van der Waals surface area (Å²) in [7, 11) is 0. The molecule has 0 spiro atoms. The molecule has 1 saturated carbocycles. The first-order chi connectivity index (χ1) is 20.5. The molecule has 1 aliphatic carbocycles. The Balaban J connectivity index is 1.11. The number of fused-ring (bicyclic) bond motifs is 1. The van der Waals surface area contributed by atoms with E-state index in [1.807, 2.05) is 46.0 Å². The third kappa shape index (κ3) is 6.85. The van der Waals surface area contributed by atoms with Gasteiger partial charge in [0.2, 0.25) is 11.8 Å². The number of amides is 2. The molecular weight excluding hydrogens is 550 g/mol. The van der Waals surface area contributed by atoms with Crippen LogP contribution in [0.4, 0.5) is 0 Å². The minimum absolute atomic E-state index is 0.0167. The van der Waals surface area contributed by atoms with Crippen LogP contribution in [0.25, 0.3) is 0 Å². The van der Waals surface area contributed by atoms with Crippen molar-refractivity contribution in [3.05, 3.63) is 82.9 Å². The van der Waals surface area contributed by atoms with Crippen LogP contribution in [0.3, 0.4) is 0 Å². The highest BCUT2D eigenvalue weighted by atomic mass is 35.5. The molecule has 0 unspecified atom stereocenters. The first kappa shape index (κ1) is 28.8. The van der Waals surface area contributed by atoms with E-state index >= 15 is 0 Å². The number of rotatable bonds is 8. The molecular formula is C32H40ClN7O2. The summed E-state index contributed by atoms with van der Waals surface area (Å²) < 4.78 is 1.95. The Bertz CT molecular complexity index is 1340. The highest BCUT2D eigenvalue weighted by Gasteiger charge is 2.36. The molecule has 42 heavy (non-hydrogen) atoms. The Morgan fingerprint density at radius 1 is 1.00 bits per heavy atom. The van der Waals surface area contributed by atoms with Crippen molar-refractivity contribution in [1.82, 2.24) is 35.2 Å². The van der Waals surface area contributed by atoms with Crippen molar-refractivity contribution in [2.45, 2.75) is 69.7 Å². The third-order valence-corrected chi connectivity index (χ3v) is 9.47. The largest absolute Gasteiger partial charge is 0.343 e. The van der Waals surface area contributed by atoms with E-state index in [0.717, 1.165) is 25.2 Å². The van der Waals surface area contributed by atoms with Crippen LogP contribution in [0.15, 0.2) is 61.2 Å². The van der Waals surface area contributed by atoms with Crippen LogP contribution in [0.2, 0.25) is 5.02 Å². The van der Waals surface area contributed by atoms with Gasteiger partial charge in [-0.15, -0.1) is 0 Å². The number of carbonyl (C=O) groups is 2. The molecule has 2 N–H and O–H groups in total. The Hall–Kier alpha value is -3.27. The fourth-order valence-corrected chi connectivity index (χ4v) is 7.04. The molecule has 222 valence electrons. The zero-order chi connectivity index (χ0) is 28.9. The number of hydrogen-bond acceptors (Lipinski definition) is 6. The van der Waals surface area contributed by atoms with Gasteiger partial charge in [0.25, 0.3) is 0 Å². The molecule has 3 aliphatic rings. The Labute approximate surface area is 252 Å². The molecule has 1 saturated heterocycles. The van der Waals surface area contributed by atoms with Gasteiger partial charge in [-0.1, -0.05) is 60.8 Å². The van der Waals surface area contributed by atoms with Gasteiger partial charge in [0.1, 0.15) is 18.7 Å². The van der Waals surface area contributed by atoms with Crippen molar-refractivity contribution in [2.24, 2.45) is 5.92 Å². The van der Waals surface area contributed by atoms with E-state index in [0.29, 0.717) is 49.5 Å². The van der Waals surface area contributed by atoms with Gasteiger partial charge < -0.3 is 15.5 Å². The lowest BCUT2D eigenvalue weighted by Crippen LogP contribution is -2.59. The smallest absolute Gasteiger partial charge is 0.245 e. The number of carbonyl (C=O) groups excluding carboxylic acids is 2. The summed E-state index contributed by atoms with van der Waals surface area (Å²) in [5.74, 6) is 0.387. The van der Waals surface area contributed by atoms with Crippen LogP contribution in [-0.2, 0) is 35.5 Å². The van der Waals surface area contributed by atoms with E-state index in [9.17, 15) is 9.59 Å². The minimum atomic E-state index is -0.640. The van der Waals surface area contributed by atoms with Crippen molar-refractivity contribution < 1.29 is 9.59 Å². The van der Waals surface area contributed by atoms with Gasteiger partial charge in [0.15, 0.2) is 0 Å². The first-order valence-electron chi connectivity index (χ1n) is 15.2. The number of benzene rings is 2. The summed E-state index contributed by atoms with van der Waals surface area (Å²) in [4.78, 5) is 36.1. The monoisotopic (exact) mass is 589 g/mol. The van der Waals surface area contributed by atoms with Crippen molar-refractivity contribution in [1.29, 1.82) is 0 Å². The zero-order valence-corrected chi connectivity index (χ0v) is 24.8. The van der Waals surface area contributed by atoms with Gasteiger partial charge in [0, 0.05) is 56.8 Å². The minimum Gasteiger partial charge on any atom is -0.343 e. The standard InChI is InChI=1S/C32H40ClN7O2/c33-27-11-9-23(10-12-27)17-29(37-31(41)28-18-24-5-1-2-6-25(24)19-35-28)32(42)39-15-13-38(14-16-39)30-8-4-3-7-26(30)20-40-22-34-21-36-40/h1-2,5-6,9-12,21-22,26,28-30,35H,3-4,7-8,13-20H2,(H,37,41)/t26-,28-,29-,30-/m1/s1. The van der Waals surface area contributed by atoms with Gasteiger partial charge >= 0.3 is 0 Å². The van der Waals surface area contributed by atoms with Gasteiger partial charge in [-0.25, -0.2) is 4.98 Å². The number of nitrogens with zero attached hydrogens (tertiary/aromatic N) is 5. The quantitative estimate of drug-likeness (QED) is 0.419. The lowest BCUT2D eigenvalue weighted by Gasteiger charge is -2.44. The van der Waals surface area contributed by atoms with Crippen molar-refractivity contribution >= 4 is 23.4 Å². The first-order valence-corrected chi connectivity index (χ1v) is 15.6. The van der Waals surface area contributed by atoms with E-state index in [1.165, 1.54) is 36.8 Å². The normalized spacial score (nSPS) is 23.6. The zero-order valence-electron chi connectivity index (χ0n) is 24.0. The number of hydrogen-bond donors (Lipinski definition) is 2. The summed E-state index contributed by atoms with van der Waals surface area (Å²) in [6.07, 6.45) is 9.31. The summed E-state index contributed by atoms with van der Waals surface area (Å²) in [5, 5.41) is 11.5. The fraction of sp³-hybridized carbons (Fsp3) is 0.500. The molecule has 4 atom stereocenters. The van der Waals surface area contributed by atoms with E-state index in [1.54, 1.807) is 12.7 Å². The molecule has 2 aliphatic heterocycles. The van der Waals surface area contributed by atoms with Crippen molar-refractivity contribution in [3.8, 4) is 0 Å². The summed E-state index contributed by atoms with van der Waals surface area (Å²) in [5.41, 5.74) is 3.37. The highest BCUT2D eigenvalue weighted by molar-refractivity contribution is 6.30. The van der Waals surface area contributed by atoms with Gasteiger partial charge in [-0.2, -0.15) is 5.10 Å². The molecule has 3 aromatic rings. The van der Waals surface area contributed by atoms with Crippen LogP contribution in [-0.4, -0.2) is 80.7 Å². The second kappa shape index (κ2) is 13.4. The third-order valence-electron chi connectivity index (χ3n) is 9.22. The lowest BCUT2D eigenvalue weighted by molar-refractivity contribution is -0.139. The van der Waals surface area contributed by atoms with E-state index in [4.69, 9.17) is 11.6 Å². The number of piperazine rings is 1. The highest BCUT2D eigenvalue weighted by Crippen LogP contribution is 2.30. The molecule has 6 rings (SSSR count). The predicted octanol–water partition coefficient (Wildman–Crippen LogP) is 3.08. The van der Waals surface area contributed by atoms with Crippen LogP contribution < -0.4 is 10.6 Å². The maximum absolute atomic E-state index is 14.0. The van der Waals surface area contributed by atoms with Crippen LogP contribution in [0, 0.1) is 5.92 Å². The molecule has 0 bridgehead atoms. The molecule has 9 nitrogen and oxygen atoms in total. The summed E-state index contributed by atoms with van der Waals surface area (Å²) >= 11 is 6.12. The molecule has 1 aromatic heterocycles. The molecule has 0 radical (unpaired) electrons. The Kier molecular flexibility index (Phi) is 9.17. The number of nitrogens with one attached hydrogen (secondary N) is 2. The van der Waals surface area contributed by atoms with Crippen LogP contribution in [0.1, 0.15) is 42.4 Å². The fourth-order valence-electron chi connectivity index (χ4n) is 6.91. The van der Waals surface area contributed by atoms with Crippen molar-refractivity contribution in [2.75, 3.05) is 26.2 Å². The average Bonchev–Trinajstić information content (AvgIpc) is 3.55. The number of halogens is 1. The van der Waals surface area contributed by atoms with Crippen molar-refractivity contribution in [3.63, 3.8) is 0 Å². The number of aromatic nitrogens is 3. The summed E-state index contributed by atoms with van der Waals surface area (Å²) in [6, 6.07) is 15.2. The molecule has 2 fully saturated rings. The topological polar surface area (TPSA) is 95.4 Å². The predicted molar refractivity (Wildman–Crippen MR) is 162 cm³/mol. The van der Waals surface area contributed by atoms with Gasteiger partial charge in [-0.05, 0) is 54.0 Å². The molecule has 10 heteroatoms. The Morgan fingerprint density at radius 3 is 2.52 bits per heavy atom. The summed E-state index contributed by atoms with van der Waals surface area (Å²) in [6.45, 7) is 4.53. The van der Waals surface area contributed by atoms with E-state index in [-0.39, 0.29) is 17.9 Å². The van der Waals surface area contributed by atoms with Crippen LogP contribution in [0.5, 0.6) is 0 Å². The SMILES string of the molecule is O=C(N[C@H](Cc1ccc(Cl)cc1)C(=O)N1CCN([C@@H]2CCCC[C@@H]2Cn2cncn2)CC1)[C@H]1Cc2ccccc2CN1. The average molecular weight is 590 g/mol. The molecule has 2 amide bonds. The van der Waals surface area contributed by atoms with E-state index in [2.05, 4.69) is 37.7 Å². The van der Waals surface area contributed by atoms with E-state index < -0.39 is 6.04 Å². The van der Waals surface area contributed by atoms with Gasteiger partial charge in [-0.3, -0.25) is 19.2 Å². The maximum atomic E-state index is 14.0. The Morgan fingerprint density at radius 2 is 1.76 bits per heavy atom.